The number of imidazole rings is 1. The van der Waals surface area contributed by atoms with Crippen LogP contribution in [0.25, 0.3) is 4.96 Å². The minimum absolute atomic E-state index is 0.443. The molecule has 0 atom stereocenters. The third-order valence-corrected chi connectivity index (χ3v) is 4.34. The second-order valence-electron chi connectivity index (χ2n) is 3.85. The van der Waals surface area contributed by atoms with Crippen LogP contribution < -0.4 is 5.73 Å². The van der Waals surface area contributed by atoms with Crippen molar-refractivity contribution in [2.45, 2.75) is 30.6 Å². The van der Waals surface area contributed by atoms with Crippen molar-refractivity contribution in [2.75, 3.05) is 0 Å². The summed E-state index contributed by atoms with van der Waals surface area (Å²) in [6.07, 6.45) is 1.98. The molecular weight excluding hydrogens is 268 g/mol. The fourth-order valence-electron chi connectivity index (χ4n) is 1.65. The molecule has 3 rings (SSSR count). The topological polar surface area (TPSA) is 69.3 Å². The third-order valence-electron chi connectivity index (χ3n) is 2.71. The number of nitrogens with zero attached hydrogens (tertiary/aromatic N) is 3. The number of nitrogens with two attached hydrogens (primary N) is 1. The highest BCUT2D eigenvalue weighted by Crippen LogP contribution is 2.31. The molecule has 2 N–H and O–H groups in total. The van der Waals surface area contributed by atoms with Crippen LogP contribution in [0, 0.1) is 13.8 Å². The maximum Gasteiger partial charge on any atom is 0.262 e. The van der Waals surface area contributed by atoms with Crippen LogP contribution in [-0.4, -0.2) is 14.4 Å². The van der Waals surface area contributed by atoms with Gasteiger partial charge in [0.2, 0.25) is 0 Å². The Labute approximate surface area is 112 Å². The molecule has 0 aromatic carbocycles. The first-order chi connectivity index (χ1) is 8.69. The molecule has 18 heavy (non-hydrogen) atoms. The van der Waals surface area contributed by atoms with Crippen molar-refractivity contribution in [3.8, 4) is 0 Å². The van der Waals surface area contributed by atoms with Gasteiger partial charge in [-0.2, -0.15) is 0 Å². The van der Waals surface area contributed by atoms with Gasteiger partial charge in [0, 0.05) is 18.1 Å². The number of hydrogen-bond acceptors (Lipinski definition) is 6. The molecule has 0 saturated carbocycles. The Hall–Kier alpha value is -1.31. The van der Waals surface area contributed by atoms with E-state index < -0.39 is 0 Å². The van der Waals surface area contributed by atoms with Gasteiger partial charge in [0.25, 0.3) is 5.22 Å². The highest BCUT2D eigenvalue weighted by Gasteiger charge is 2.16. The van der Waals surface area contributed by atoms with Gasteiger partial charge in [-0.05, 0) is 25.6 Å². The lowest BCUT2D eigenvalue weighted by Crippen LogP contribution is -2.00. The van der Waals surface area contributed by atoms with Gasteiger partial charge in [0.05, 0.1) is 11.4 Å². The Kier molecular flexibility index (Phi) is 2.89. The van der Waals surface area contributed by atoms with Crippen LogP contribution in [0.15, 0.2) is 26.2 Å². The maximum atomic E-state index is 5.79. The standard InChI is InChI=1S/C11H12N4OS2/c1-6-7(2)16-11(13-6)18-9-8(5-12)15-3-4-17-10(15)14-9/h3-4H,5,12H2,1-2H3. The number of aryl methyl sites for hydroxylation is 2. The average molecular weight is 280 g/mol. The van der Waals surface area contributed by atoms with Gasteiger partial charge < -0.3 is 10.2 Å². The van der Waals surface area contributed by atoms with E-state index in [9.17, 15) is 0 Å². The zero-order valence-corrected chi connectivity index (χ0v) is 11.6. The molecule has 0 saturated heterocycles. The second-order valence-corrected chi connectivity index (χ2v) is 5.66. The van der Waals surface area contributed by atoms with Crippen LogP contribution >= 0.6 is 23.1 Å². The first kappa shape index (κ1) is 11.8. The maximum absolute atomic E-state index is 5.79. The zero-order valence-electron chi connectivity index (χ0n) is 10.0. The van der Waals surface area contributed by atoms with Gasteiger partial charge in [0.15, 0.2) is 4.96 Å². The Balaban J connectivity index is 2.01. The Morgan fingerprint density at radius 2 is 2.28 bits per heavy atom. The highest BCUT2D eigenvalue weighted by atomic mass is 32.2. The van der Waals surface area contributed by atoms with Crippen LogP contribution in [0.5, 0.6) is 0 Å². The van der Waals surface area contributed by atoms with Gasteiger partial charge in [-0.15, -0.1) is 11.3 Å². The molecular formula is C11H12N4OS2. The Bertz CT molecular complexity index is 678. The van der Waals surface area contributed by atoms with Crippen molar-refractivity contribution in [3.63, 3.8) is 0 Å². The lowest BCUT2D eigenvalue weighted by molar-refractivity contribution is 0.431. The first-order valence-corrected chi connectivity index (χ1v) is 7.15. The molecule has 0 aliphatic rings. The van der Waals surface area contributed by atoms with E-state index in [0.29, 0.717) is 11.8 Å². The molecule has 0 fully saturated rings. The van der Waals surface area contributed by atoms with Crippen molar-refractivity contribution < 1.29 is 4.42 Å². The summed E-state index contributed by atoms with van der Waals surface area (Å²) in [4.78, 5) is 9.83. The lowest BCUT2D eigenvalue weighted by atomic mass is 10.4. The predicted molar refractivity (Wildman–Crippen MR) is 71.1 cm³/mol. The van der Waals surface area contributed by atoms with E-state index in [-0.39, 0.29) is 0 Å². The van der Waals surface area contributed by atoms with Crippen LogP contribution in [0.4, 0.5) is 0 Å². The number of rotatable bonds is 3. The minimum atomic E-state index is 0.443. The summed E-state index contributed by atoms with van der Waals surface area (Å²) in [5.74, 6) is 0.841. The SMILES string of the molecule is Cc1nc(Sc2nc3sccn3c2CN)oc1C. The summed E-state index contributed by atoms with van der Waals surface area (Å²) < 4.78 is 7.57. The molecule has 0 radical (unpaired) electrons. The minimum Gasteiger partial charge on any atom is -0.436 e. The second kappa shape index (κ2) is 4.42. The van der Waals surface area contributed by atoms with Gasteiger partial charge in [-0.25, -0.2) is 9.97 Å². The molecule has 0 bridgehead atoms. The Morgan fingerprint density at radius 3 is 2.94 bits per heavy atom. The molecule has 0 aliphatic heterocycles. The molecule has 3 aromatic heterocycles. The van der Waals surface area contributed by atoms with Crippen molar-refractivity contribution in [1.29, 1.82) is 0 Å². The Morgan fingerprint density at radius 1 is 1.44 bits per heavy atom. The van der Waals surface area contributed by atoms with Crippen molar-refractivity contribution in [3.05, 3.63) is 28.7 Å². The molecule has 0 spiro atoms. The van der Waals surface area contributed by atoms with Gasteiger partial charge >= 0.3 is 0 Å². The molecule has 0 unspecified atom stereocenters. The van der Waals surface area contributed by atoms with E-state index in [2.05, 4.69) is 9.97 Å². The van der Waals surface area contributed by atoms with Gasteiger partial charge in [-0.3, -0.25) is 4.40 Å². The summed E-state index contributed by atoms with van der Waals surface area (Å²) in [5, 5.41) is 3.48. The fourth-order valence-corrected chi connectivity index (χ4v) is 3.39. The zero-order chi connectivity index (χ0) is 12.7. The first-order valence-electron chi connectivity index (χ1n) is 5.45. The molecule has 5 nitrogen and oxygen atoms in total. The van der Waals surface area contributed by atoms with E-state index in [1.54, 1.807) is 11.3 Å². The number of aromatic nitrogens is 3. The highest BCUT2D eigenvalue weighted by molar-refractivity contribution is 7.99. The lowest BCUT2D eigenvalue weighted by Gasteiger charge is -1.97. The summed E-state index contributed by atoms with van der Waals surface area (Å²) in [6, 6.07) is 0. The summed E-state index contributed by atoms with van der Waals surface area (Å²) in [5.41, 5.74) is 7.69. The normalized spacial score (nSPS) is 11.5. The quantitative estimate of drug-likeness (QED) is 0.798. The van der Waals surface area contributed by atoms with Crippen molar-refractivity contribution in [2.24, 2.45) is 5.73 Å². The summed E-state index contributed by atoms with van der Waals surface area (Å²) in [6.45, 7) is 4.28. The largest absolute Gasteiger partial charge is 0.436 e. The molecule has 3 aromatic rings. The summed E-state index contributed by atoms with van der Waals surface area (Å²) in [7, 11) is 0. The van der Waals surface area contributed by atoms with Gasteiger partial charge in [0.1, 0.15) is 10.8 Å². The monoisotopic (exact) mass is 280 g/mol. The van der Waals surface area contributed by atoms with Crippen LogP contribution in [0.3, 0.4) is 0 Å². The van der Waals surface area contributed by atoms with Crippen molar-refractivity contribution >= 4 is 28.1 Å². The van der Waals surface area contributed by atoms with Crippen LogP contribution in [0.1, 0.15) is 17.1 Å². The molecule has 0 amide bonds. The van der Waals surface area contributed by atoms with E-state index in [0.717, 1.165) is 27.1 Å². The molecule has 7 heteroatoms. The van der Waals surface area contributed by atoms with E-state index in [1.165, 1.54) is 11.8 Å². The predicted octanol–water partition coefficient (Wildman–Crippen LogP) is 2.61. The van der Waals surface area contributed by atoms with Gasteiger partial charge in [-0.1, -0.05) is 0 Å². The molecule has 0 aliphatic carbocycles. The van der Waals surface area contributed by atoms with E-state index in [1.807, 2.05) is 29.8 Å². The summed E-state index contributed by atoms with van der Waals surface area (Å²) >= 11 is 3.01. The van der Waals surface area contributed by atoms with E-state index in [4.69, 9.17) is 10.2 Å². The third kappa shape index (κ3) is 1.84. The number of oxazole rings is 1. The molecule has 94 valence electrons. The number of hydrogen-bond donors (Lipinski definition) is 1. The molecule has 3 heterocycles. The number of thiazole rings is 1. The smallest absolute Gasteiger partial charge is 0.262 e. The average Bonchev–Trinajstić information content (AvgIpc) is 2.95. The van der Waals surface area contributed by atoms with E-state index >= 15 is 0 Å². The van der Waals surface area contributed by atoms with Crippen LogP contribution in [-0.2, 0) is 6.54 Å². The fraction of sp³-hybridized carbons (Fsp3) is 0.273. The van der Waals surface area contributed by atoms with Crippen LogP contribution in [0.2, 0.25) is 0 Å². The number of fused-ring (bicyclic) bond motifs is 1. The van der Waals surface area contributed by atoms with Crippen molar-refractivity contribution in [1.82, 2.24) is 14.4 Å².